The Labute approximate surface area is 90.7 Å². The van der Waals surface area contributed by atoms with Crippen LogP contribution in [0.2, 0.25) is 5.02 Å². The van der Waals surface area contributed by atoms with Crippen LogP contribution in [0.3, 0.4) is 0 Å². The second kappa shape index (κ2) is 4.33. The number of likely N-dealkylation sites (tertiary alicyclic amines) is 1. The van der Waals surface area contributed by atoms with E-state index < -0.39 is 0 Å². The van der Waals surface area contributed by atoms with Crippen molar-refractivity contribution in [3.8, 4) is 0 Å². The molecule has 0 amide bonds. The van der Waals surface area contributed by atoms with Gasteiger partial charge >= 0.3 is 0 Å². The van der Waals surface area contributed by atoms with E-state index in [-0.39, 0.29) is 0 Å². The molecule has 1 unspecified atom stereocenters. The van der Waals surface area contributed by atoms with Crippen LogP contribution in [0.4, 0.5) is 0 Å². The smallest absolute Gasteiger partial charge is 0.0408 e. The highest BCUT2D eigenvalue weighted by Gasteiger charge is 2.20. The quantitative estimate of drug-likeness (QED) is 0.724. The van der Waals surface area contributed by atoms with E-state index in [1.807, 2.05) is 12.1 Å². The van der Waals surface area contributed by atoms with E-state index in [0.29, 0.717) is 6.04 Å². The van der Waals surface area contributed by atoms with Crippen LogP contribution in [0.1, 0.15) is 18.4 Å². The van der Waals surface area contributed by atoms with E-state index in [0.717, 1.165) is 11.4 Å². The fourth-order valence-corrected chi connectivity index (χ4v) is 2.39. The second-order valence-electron chi connectivity index (χ2n) is 4.11. The minimum Gasteiger partial charge on any atom is -0.303 e. The van der Waals surface area contributed by atoms with Gasteiger partial charge in [-0.15, -0.1) is 0 Å². The molecule has 1 aromatic carbocycles. The summed E-state index contributed by atoms with van der Waals surface area (Å²) in [6.07, 6.45) is 3.79. The minimum absolute atomic E-state index is 0.716. The summed E-state index contributed by atoms with van der Waals surface area (Å²) in [5, 5.41) is 0.850. The van der Waals surface area contributed by atoms with Crippen LogP contribution in [0, 0.1) is 0 Å². The van der Waals surface area contributed by atoms with Gasteiger partial charge in [0.05, 0.1) is 0 Å². The molecule has 76 valence electrons. The normalized spacial score (nSPS) is 22.9. The summed E-state index contributed by atoms with van der Waals surface area (Å²) in [4.78, 5) is 2.45. The van der Waals surface area contributed by atoms with Crippen LogP contribution in [0.5, 0.6) is 0 Å². The lowest BCUT2D eigenvalue weighted by Crippen LogP contribution is -2.26. The standard InChI is InChI=1S/C12H16ClN/c1-14-7-3-6-12(14)9-10-4-2-5-11(13)8-10/h2,4-5,8,12H,3,6-7,9H2,1H3. The van der Waals surface area contributed by atoms with Gasteiger partial charge < -0.3 is 4.90 Å². The minimum atomic E-state index is 0.716. The van der Waals surface area contributed by atoms with Crippen LogP contribution in [-0.4, -0.2) is 24.5 Å². The van der Waals surface area contributed by atoms with Gasteiger partial charge in [-0.05, 0) is 50.6 Å². The van der Waals surface area contributed by atoms with Crippen molar-refractivity contribution in [2.24, 2.45) is 0 Å². The van der Waals surface area contributed by atoms with E-state index in [4.69, 9.17) is 11.6 Å². The molecular formula is C12H16ClN. The van der Waals surface area contributed by atoms with Crippen LogP contribution < -0.4 is 0 Å². The number of hydrogen-bond acceptors (Lipinski definition) is 1. The molecule has 0 saturated carbocycles. The highest BCUT2D eigenvalue weighted by atomic mass is 35.5. The van der Waals surface area contributed by atoms with Gasteiger partial charge in [-0.3, -0.25) is 0 Å². The fraction of sp³-hybridized carbons (Fsp3) is 0.500. The number of likely N-dealkylation sites (N-methyl/N-ethyl adjacent to an activating group) is 1. The van der Waals surface area contributed by atoms with Crippen LogP contribution in [0.15, 0.2) is 24.3 Å². The molecule has 0 bridgehead atoms. The first-order valence-corrected chi connectivity index (χ1v) is 5.58. The molecule has 1 aromatic rings. The average Bonchev–Trinajstić information content (AvgIpc) is 2.52. The lowest BCUT2D eigenvalue weighted by molar-refractivity contribution is 0.309. The van der Waals surface area contributed by atoms with Crippen molar-refractivity contribution in [2.45, 2.75) is 25.3 Å². The van der Waals surface area contributed by atoms with E-state index in [1.165, 1.54) is 24.9 Å². The first kappa shape index (κ1) is 10.0. The third-order valence-electron chi connectivity index (χ3n) is 3.03. The Bertz CT molecular complexity index is 311. The van der Waals surface area contributed by atoms with E-state index in [1.54, 1.807) is 0 Å². The van der Waals surface area contributed by atoms with Crippen molar-refractivity contribution in [3.05, 3.63) is 34.9 Å². The van der Waals surface area contributed by atoms with Gasteiger partial charge in [0, 0.05) is 11.1 Å². The third kappa shape index (κ3) is 2.28. The van der Waals surface area contributed by atoms with Gasteiger partial charge in [0.1, 0.15) is 0 Å². The first-order valence-electron chi connectivity index (χ1n) is 5.20. The summed E-state index contributed by atoms with van der Waals surface area (Å²) in [7, 11) is 2.21. The van der Waals surface area contributed by atoms with Crippen molar-refractivity contribution in [1.29, 1.82) is 0 Å². The maximum atomic E-state index is 5.95. The molecule has 14 heavy (non-hydrogen) atoms. The zero-order chi connectivity index (χ0) is 9.97. The molecule has 1 nitrogen and oxygen atoms in total. The Morgan fingerprint density at radius 2 is 2.36 bits per heavy atom. The molecule has 1 saturated heterocycles. The molecule has 2 rings (SSSR count). The lowest BCUT2D eigenvalue weighted by atomic mass is 10.0. The van der Waals surface area contributed by atoms with E-state index in [2.05, 4.69) is 24.1 Å². The summed E-state index contributed by atoms with van der Waals surface area (Å²) in [5.41, 5.74) is 1.36. The number of hydrogen-bond donors (Lipinski definition) is 0. The Morgan fingerprint density at radius 3 is 3.00 bits per heavy atom. The van der Waals surface area contributed by atoms with Crippen molar-refractivity contribution in [1.82, 2.24) is 4.90 Å². The van der Waals surface area contributed by atoms with Crippen molar-refractivity contribution < 1.29 is 0 Å². The van der Waals surface area contributed by atoms with Crippen molar-refractivity contribution in [3.63, 3.8) is 0 Å². The van der Waals surface area contributed by atoms with Gasteiger partial charge in [0.15, 0.2) is 0 Å². The molecule has 1 aliphatic heterocycles. The van der Waals surface area contributed by atoms with Crippen LogP contribution in [0.25, 0.3) is 0 Å². The van der Waals surface area contributed by atoms with Gasteiger partial charge in [-0.2, -0.15) is 0 Å². The van der Waals surface area contributed by atoms with Crippen LogP contribution >= 0.6 is 11.6 Å². The SMILES string of the molecule is CN1CCCC1Cc1cccc(Cl)c1. The fourth-order valence-electron chi connectivity index (χ4n) is 2.17. The third-order valence-corrected chi connectivity index (χ3v) is 3.27. The predicted octanol–water partition coefficient (Wildman–Crippen LogP) is 2.98. The molecule has 1 heterocycles. The summed E-state index contributed by atoms with van der Waals surface area (Å²) in [6.45, 7) is 1.24. The number of rotatable bonds is 2. The van der Waals surface area contributed by atoms with Crippen LogP contribution in [-0.2, 0) is 6.42 Å². The Kier molecular flexibility index (Phi) is 3.09. The monoisotopic (exact) mass is 209 g/mol. The summed E-state index contributed by atoms with van der Waals surface area (Å²) in [5.74, 6) is 0. The Morgan fingerprint density at radius 1 is 1.50 bits per heavy atom. The number of halogens is 1. The molecule has 0 radical (unpaired) electrons. The molecule has 0 N–H and O–H groups in total. The Hall–Kier alpha value is -0.530. The first-order chi connectivity index (χ1) is 6.75. The maximum absolute atomic E-state index is 5.95. The second-order valence-corrected chi connectivity index (χ2v) is 4.55. The maximum Gasteiger partial charge on any atom is 0.0408 e. The van der Waals surface area contributed by atoms with Crippen molar-refractivity contribution >= 4 is 11.6 Å². The van der Waals surface area contributed by atoms with E-state index in [9.17, 15) is 0 Å². The molecule has 1 fully saturated rings. The van der Waals surface area contributed by atoms with Gasteiger partial charge in [-0.1, -0.05) is 23.7 Å². The molecule has 0 aliphatic carbocycles. The topological polar surface area (TPSA) is 3.24 Å². The van der Waals surface area contributed by atoms with Gasteiger partial charge in [0.25, 0.3) is 0 Å². The highest BCUT2D eigenvalue weighted by Crippen LogP contribution is 2.20. The zero-order valence-electron chi connectivity index (χ0n) is 8.54. The molecular weight excluding hydrogens is 194 g/mol. The summed E-state index contributed by atoms with van der Waals surface area (Å²) >= 11 is 5.95. The molecule has 0 spiro atoms. The predicted molar refractivity (Wildman–Crippen MR) is 60.8 cm³/mol. The van der Waals surface area contributed by atoms with Gasteiger partial charge in [0.2, 0.25) is 0 Å². The Balaban J connectivity index is 2.03. The molecule has 2 heteroatoms. The largest absolute Gasteiger partial charge is 0.303 e. The zero-order valence-corrected chi connectivity index (χ0v) is 9.30. The van der Waals surface area contributed by atoms with Gasteiger partial charge in [-0.25, -0.2) is 0 Å². The highest BCUT2D eigenvalue weighted by molar-refractivity contribution is 6.30. The molecule has 0 aromatic heterocycles. The number of nitrogens with zero attached hydrogens (tertiary/aromatic N) is 1. The van der Waals surface area contributed by atoms with E-state index >= 15 is 0 Å². The van der Waals surface area contributed by atoms with Crippen molar-refractivity contribution in [2.75, 3.05) is 13.6 Å². The summed E-state index contributed by atoms with van der Waals surface area (Å²) in [6, 6.07) is 8.93. The number of benzene rings is 1. The average molecular weight is 210 g/mol. The lowest BCUT2D eigenvalue weighted by Gasteiger charge is -2.19. The molecule has 1 atom stereocenters. The summed E-state index contributed by atoms with van der Waals surface area (Å²) < 4.78 is 0. The molecule has 1 aliphatic rings.